The molecule has 0 saturated carbocycles. The second kappa shape index (κ2) is 5.73. The lowest BCUT2D eigenvalue weighted by Gasteiger charge is -2.08. The number of hydrogen-bond acceptors (Lipinski definition) is 5. The van der Waals surface area contributed by atoms with Gasteiger partial charge in [0.1, 0.15) is 12.1 Å². The van der Waals surface area contributed by atoms with Crippen LogP contribution in [0.15, 0.2) is 66.7 Å². The first-order valence-corrected chi connectivity index (χ1v) is 8.25. The molecule has 0 atom stereocenters. The fraction of sp³-hybridized carbons (Fsp3) is 0.105. The largest absolute Gasteiger partial charge is 0.291 e. The van der Waals surface area contributed by atoms with Crippen LogP contribution in [0.1, 0.15) is 16.7 Å². The van der Waals surface area contributed by atoms with Crippen LogP contribution in [0.25, 0.3) is 17.1 Å². The number of aryl methyl sites for hydroxylation is 1. The summed E-state index contributed by atoms with van der Waals surface area (Å²) in [6.07, 6.45) is 12.8. The van der Waals surface area contributed by atoms with Crippen molar-refractivity contribution in [2.24, 2.45) is 12.0 Å². The summed E-state index contributed by atoms with van der Waals surface area (Å²) in [5.41, 5.74) is 6.14. The van der Waals surface area contributed by atoms with Gasteiger partial charge in [-0.2, -0.15) is 5.10 Å². The highest BCUT2D eigenvalue weighted by Gasteiger charge is 2.20. The zero-order valence-electron chi connectivity index (χ0n) is 14.1. The molecule has 7 nitrogen and oxygen atoms in total. The molecule has 0 unspecified atom stereocenters. The Morgan fingerprint density at radius 3 is 2.81 bits per heavy atom. The molecular weight excluding hydrogens is 326 g/mol. The summed E-state index contributed by atoms with van der Waals surface area (Å²) in [4.78, 5) is 17.8. The molecule has 0 aromatic carbocycles. The predicted octanol–water partition coefficient (Wildman–Crippen LogP) is 2.41. The zero-order chi connectivity index (χ0) is 17.5. The van der Waals surface area contributed by atoms with Crippen molar-refractivity contribution < 1.29 is 0 Å². The molecule has 26 heavy (non-hydrogen) atoms. The van der Waals surface area contributed by atoms with Crippen molar-refractivity contribution in [2.75, 3.05) is 0 Å². The second-order valence-corrected chi connectivity index (χ2v) is 6.17. The van der Waals surface area contributed by atoms with Gasteiger partial charge < -0.3 is 0 Å². The summed E-state index contributed by atoms with van der Waals surface area (Å²) in [6, 6.07) is 6.10. The number of fused-ring (bicyclic) bond motifs is 1. The van der Waals surface area contributed by atoms with Gasteiger partial charge in [-0.3, -0.25) is 19.2 Å². The van der Waals surface area contributed by atoms with Crippen LogP contribution < -0.4 is 0 Å². The van der Waals surface area contributed by atoms with Crippen molar-refractivity contribution in [3.05, 3.63) is 78.4 Å². The van der Waals surface area contributed by atoms with Crippen LogP contribution in [0.4, 0.5) is 0 Å². The van der Waals surface area contributed by atoms with Gasteiger partial charge in [0.05, 0.1) is 24.1 Å². The lowest BCUT2D eigenvalue weighted by Crippen LogP contribution is -2.04. The second-order valence-electron chi connectivity index (χ2n) is 6.17. The molecule has 0 radical (unpaired) electrons. The fourth-order valence-electron chi connectivity index (χ4n) is 3.14. The van der Waals surface area contributed by atoms with Crippen molar-refractivity contribution in [1.29, 1.82) is 0 Å². The Kier molecular flexibility index (Phi) is 3.24. The Bertz CT molecular complexity index is 1120. The maximum absolute atomic E-state index is 4.74. The van der Waals surface area contributed by atoms with E-state index < -0.39 is 0 Å². The molecule has 0 fully saturated rings. The highest BCUT2D eigenvalue weighted by Crippen LogP contribution is 2.27. The van der Waals surface area contributed by atoms with Crippen LogP contribution in [0, 0.1) is 0 Å². The van der Waals surface area contributed by atoms with Gasteiger partial charge in [-0.05, 0) is 18.2 Å². The van der Waals surface area contributed by atoms with Crippen molar-refractivity contribution in [3.63, 3.8) is 0 Å². The van der Waals surface area contributed by atoms with E-state index in [0.717, 1.165) is 39.5 Å². The third kappa shape index (κ3) is 2.41. The van der Waals surface area contributed by atoms with E-state index in [2.05, 4.69) is 26.1 Å². The molecular formula is C19H15N7. The number of aromatic nitrogens is 6. The third-order valence-corrected chi connectivity index (χ3v) is 4.44. The maximum atomic E-state index is 4.74. The molecule has 5 rings (SSSR count). The standard InChI is InChI=1S/C19H15N7/c1-25-11-15(10-24-25)17-7-16-14(8-22-17)9-23-19(16)13-2-3-21-18(6-13)26-5-4-20-12-26/h2-8,10-12H,9H2,1H3. The van der Waals surface area contributed by atoms with Gasteiger partial charge in [0.25, 0.3) is 0 Å². The average molecular weight is 341 g/mol. The van der Waals surface area contributed by atoms with Crippen LogP contribution >= 0.6 is 0 Å². The molecule has 0 aliphatic carbocycles. The first-order chi connectivity index (χ1) is 12.8. The number of hydrogen-bond donors (Lipinski definition) is 0. The van der Waals surface area contributed by atoms with Gasteiger partial charge in [0.15, 0.2) is 0 Å². The van der Waals surface area contributed by atoms with Gasteiger partial charge in [0, 0.05) is 60.3 Å². The van der Waals surface area contributed by atoms with Gasteiger partial charge in [0.2, 0.25) is 0 Å². The first-order valence-electron chi connectivity index (χ1n) is 8.25. The van der Waals surface area contributed by atoms with E-state index in [0.29, 0.717) is 6.54 Å². The molecule has 0 bridgehead atoms. The van der Waals surface area contributed by atoms with Gasteiger partial charge in [-0.1, -0.05) is 0 Å². The van der Waals surface area contributed by atoms with Crippen molar-refractivity contribution >= 4 is 5.71 Å². The first kappa shape index (κ1) is 14.7. The topological polar surface area (TPSA) is 73.8 Å². The molecule has 0 N–H and O–H groups in total. The van der Waals surface area contributed by atoms with Crippen LogP contribution in [0.2, 0.25) is 0 Å². The predicted molar refractivity (Wildman–Crippen MR) is 97.1 cm³/mol. The molecule has 1 aliphatic heterocycles. The number of pyridine rings is 2. The smallest absolute Gasteiger partial charge is 0.138 e. The molecule has 7 heteroatoms. The Hall–Kier alpha value is -3.61. The molecule has 0 amide bonds. The lowest BCUT2D eigenvalue weighted by molar-refractivity contribution is 0.768. The van der Waals surface area contributed by atoms with E-state index in [9.17, 15) is 0 Å². The third-order valence-electron chi connectivity index (χ3n) is 4.44. The Morgan fingerprint density at radius 1 is 1.04 bits per heavy atom. The van der Waals surface area contributed by atoms with E-state index in [1.807, 2.05) is 48.5 Å². The van der Waals surface area contributed by atoms with Crippen LogP contribution in [0.3, 0.4) is 0 Å². The quantitative estimate of drug-likeness (QED) is 0.573. The van der Waals surface area contributed by atoms with Crippen molar-refractivity contribution in [1.82, 2.24) is 29.3 Å². The lowest BCUT2D eigenvalue weighted by atomic mass is 10.0. The van der Waals surface area contributed by atoms with Gasteiger partial charge in [-0.25, -0.2) is 9.97 Å². The number of rotatable bonds is 3. The van der Waals surface area contributed by atoms with Crippen LogP contribution in [-0.2, 0) is 13.6 Å². The van der Waals surface area contributed by atoms with Crippen LogP contribution in [-0.4, -0.2) is 35.0 Å². The van der Waals surface area contributed by atoms with E-state index in [4.69, 9.17) is 4.99 Å². The minimum absolute atomic E-state index is 0.647. The summed E-state index contributed by atoms with van der Waals surface area (Å²) in [5, 5.41) is 4.23. The molecule has 4 aromatic heterocycles. The zero-order valence-corrected chi connectivity index (χ0v) is 14.1. The molecule has 5 heterocycles. The summed E-state index contributed by atoms with van der Waals surface area (Å²) in [6.45, 7) is 0.647. The van der Waals surface area contributed by atoms with Gasteiger partial charge >= 0.3 is 0 Å². The minimum Gasteiger partial charge on any atom is -0.291 e. The fourth-order valence-corrected chi connectivity index (χ4v) is 3.14. The van der Waals surface area contributed by atoms with E-state index in [-0.39, 0.29) is 0 Å². The Balaban J connectivity index is 1.57. The molecule has 0 spiro atoms. The Morgan fingerprint density at radius 2 is 2.00 bits per heavy atom. The van der Waals surface area contributed by atoms with E-state index >= 15 is 0 Å². The number of nitrogens with zero attached hydrogens (tertiary/aromatic N) is 7. The molecule has 4 aromatic rings. The molecule has 126 valence electrons. The monoisotopic (exact) mass is 341 g/mol. The summed E-state index contributed by atoms with van der Waals surface area (Å²) in [7, 11) is 1.90. The van der Waals surface area contributed by atoms with E-state index in [1.54, 1.807) is 23.4 Å². The summed E-state index contributed by atoms with van der Waals surface area (Å²) >= 11 is 0. The van der Waals surface area contributed by atoms with Crippen molar-refractivity contribution in [2.45, 2.75) is 6.54 Å². The van der Waals surface area contributed by atoms with E-state index in [1.165, 1.54) is 0 Å². The summed E-state index contributed by atoms with van der Waals surface area (Å²) < 4.78 is 3.66. The average Bonchev–Trinajstić information content (AvgIpc) is 3.42. The molecule has 0 saturated heterocycles. The molecule has 1 aliphatic rings. The normalized spacial score (nSPS) is 12.9. The maximum Gasteiger partial charge on any atom is 0.138 e. The highest BCUT2D eigenvalue weighted by molar-refractivity contribution is 6.15. The summed E-state index contributed by atoms with van der Waals surface area (Å²) in [5.74, 6) is 0.817. The van der Waals surface area contributed by atoms with Crippen LogP contribution in [0.5, 0.6) is 0 Å². The highest BCUT2D eigenvalue weighted by atomic mass is 15.2. The van der Waals surface area contributed by atoms with Gasteiger partial charge in [-0.15, -0.1) is 0 Å². The Labute approximate surface area is 149 Å². The minimum atomic E-state index is 0.647. The number of imidazole rings is 1. The van der Waals surface area contributed by atoms with Crippen molar-refractivity contribution in [3.8, 4) is 17.1 Å². The number of aliphatic imine (C=N–C) groups is 1. The SMILES string of the molecule is Cn1cc(-c2cc3c(cn2)CN=C3c2ccnc(-n3ccnc3)c2)cn1.